The van der Waals surface area contributed by atoms with Crippen LogP contribution >= 0.6 is 0 Å². The Morgan fingerprint density at radius 3 is 2.85 bits per heavy atom. The van der Waals surface area contributed by atoms with E-state index in [2.05, 4.69) is 20.5 Å². The summed E-state index contributed by atoms with van der Waals surface area (Å²) in [5.74, 6) is -0.215. The molecule has 138 valence electrons. The van der Waals surface area contributed by atoms with Crippen LogP contribution in [0.4, 0.5) is 23.7 Å². The van der Waals surface area contributed by atoms with Crippen LogP contribution in [0.1, 0.15) is 17.0 Å². The summed E-state index contributed by atoms with van der Waals surface area (Å²) in [7, 11) is 1.20. The number of halogens is 3. The average molecular weight is 369 g/mol. The summed E-state index contributed by atoms with van der Waals surface area (Å²) in [5, 5.41) is 8.43. The summed E-state index contributed by atoms with van der Waals surface area (Å²) >= 11 is 0. The molecule has 1 aliphatic heterocycles. The van der Waals surface area contributed by atoms with Gasteiger partial charge < -0.3 is 15.0 Å². The number of ether oxygens (including phenoxy) is 1. The minimum absolute atomic E-state index is 0.0724. The fourth-order valence-corrected chi connectivity index (χ4v) is 2.59. The summed E-state index contributed by atoms with van der Waals surface area (Å²) in [5.41, 5.74) is -0.932. The maximum atomic E-state index is 13.2. The van der Waals surface area contributed by atoms with Crippen molar-refractivity contribution in [3.05, 3.63) is 45.5 Å². The van der Waals surface area contributed by atoms with Crippen molar-refractivity contribution in [2.75, 3.05) is 19.0 Å². The molecule has 2 aromatic heterocycles. The predicted molar refractivity (Wildman–Crippen MR) is 83.8 cm³/mol. The van der Waals surface area contributed by atoms with Crippen molar-refractivity contribution in [2.45, 2.75) is 19.1 Å². The van der Waals surface area contributed by atoms with Crippen LogP contribution in [0.15, 0.2) is 23.0 Å². The average Bonchev–Trinajstić information content (AvgIpc) is 2.60. The molecule has 2 aromatic rings. The molecule has 0 saturated heterocycles. The second-order valence-electron chi connectivity index (χ2n) is 5.55. The molecular weight excluding hydrogens is 355 g/mol. The molecular formula is C15H14F3N5O3. The lowest BCUT2D eigenvalue weighted by Crippen LogP contribution is -2.40. The van der Waals surface area contributed by atoms with Crippen LogP contribution in [-0.4, -0.2) is 39.8 Å². The summed E-state index contributed by atoms with van der Waals surface area (Å²) in [6, 6.07) is 2.89. The standard InChI is InChI=1S/C15H14F3N5O3/c1-26-12-3-2-10(13(20-12)15(16,17)18)19-14(25)23-5-4-9-8(7-23)6-11(24)22-21-9/h2-3,6H,4-5,7H2,1H3,(H,19,25)(H,22,24). The minimum Gasteiger partial charge on any atom is -0.481 e. The normalized spacial score (nSPS) is 13.9. The quantitative estimate of drug-likeness (QED) is 0.841. The number of carbonyl (C=O) groups excluding carboxylic acids is 1. The molecule has 0 atom stereocenters. The Bertz CT molecular complexity index is 897. The van der Waals surface area contributed by atoms with Crippen LogP contribution in [0.2, 0.25) is 0 Å². The molecule has 3 heterocycles. The molecule has 2 N–H and O–H groups in total. The van der Waals surface area contributed by atoms with Gasteiger partial charge in [0.2, 0.25) is 5.88 Å². The topological polar surface area (TPSA) is 100 Å². The van der Waals surface area contributed by atoms with Crippen molar-refractivity contribution < 1.29 is 22.7 Å². The van der Waals surface area contributed by atoms with Gasteiger partial charge in [-0.25, -0.2) is 14.9 Å². The van der Waals surface area contributed by atoms with E-state index in [4.69, 9.17) is 4.74 Å². The fourth-order valence-electron chi connectivity index (χ4n) is 2.59. The highest BCUT2D eigenvalue weighted by Gasteiger charge is 2.37. The summed E-state index contributed by atoms with van der Waals surface area (Å²) in [6.07, 6.45) is -4.38. The van der Waals surface area contributed by atoms with Crippen LogP contribution < -0.4 is 15.6 Å². The first-order chi connectivity index (χ1) is 12.3. The highest BCUT2D eigenvalue weighted by Crippen LogP contribution is 2.34. The van der Waals surface area contributed by atoms with Crippen LogP contribution in [0.25, 0.3) is 0 Å². The van der Waals surface area contributed by atoms with Crippen molar-refractivity contribution in [2.24, 2.45) is 0 Å². The number of urea groups is 1. The van der Waals surface area contributed by atoms with Crippen molar-refractivity contribution >= 4 is 11.7 Å². The molecule has 0 fully saturated rings. The number of carbonyl (C=O) groups is 1. The SMILES string of the molecule is COc1ccc(NC(=O)N2CCc3n[nH]c(=O)cc3C2)c(C(F)(F)F)n1. The van der Waals surface area contributed by atoms with E-state index < -0.39 is 29.1 Å². The lowest BCUT2D eigenvalue weighted by atomic mass is 10.1. The van der Waals surface area contributed by atoms with E-state index in [1.54, 1.807) is 0 Å². The van der Waals surface area contributed by atoms with E-state index >= 15 is 0 Å². The van der Waals surface area contributed by atoms with Gasteiger partial charge in [-0.2, -0.15) is 18.3 Å². The van der Waals surface area contributed by atoms with Gasteiger partial charge in [-0.3, -0.25) is 4.79 Å². The summed E-state index contributed by atoms with van der Waals surface area (Å²) < 4.78 is 44.2. The van der Waals surface area contributed by atoms with Gasteiger partial charge in [-0.15, -0.1) is 0 Å². The van der Waals surface area contributed by atoms with Gasteiger partial charge in [-0.1, -0.05) is 0 Å². The number of aromatic amines is 1. The van der Waals surface area contributed by atoms with E-state index in [9.17, 15) is 22.8 Å². The number of alkyl halides is 3. The van der Waals surface area contributed by atoms with E-state index in [0.29, 0.717) is 17.7 Å². The van der Waals surface area contributed by atoms with Crippen molar-refractivity contribution in [1.29, 1.82) is 0 Å². The van der Waals surface area contributed by atoms with E-state index in [0.717, 1.165) is 6.07 Å². The van der Waals surface area contributed by atoms with Crippen molar-refractivity contribution in [1.82, 2.24) is 20.1 Å². The summed E-state index contributed by atoms with van der Waals surface area (Å²) in [4.78, 5) is 28.4. The Kier molecular flexibility index (Phi) is 4.53. The number of hydrogen-bond acceptors (Lipinski definition) is 5. The number of nitrogens with one attached hydrogen (secondary N) is 2. The number of aromatic nitrogens is 3. The molecule has 0 bridgehead atoms. The molecule has 3 rings (SSSR count). The van der Waals surface area contributed by atoms with E-state index in [-0.39, 0.29) is 19.0 Å². The highest BCUT2D eigenvalue weighted by atomic mass is 19.4. The van der Waals surface area contributed by atoms with Gasteiger partial charge in [0.05, 0.1) is 18.5 Å². The largest absolute Gasteiger partial charge is 0.481 e. The monoisotopic (exact) mass is 369 g/mol. The zero-order valence-electron chi connectivity index (χ0n) is 13.6. The van der Waals surface area contributed by atoms with E-state index in [1.807, 2.05) is 0 Å². The van der Waals surface area contributed by atoms with Gasteiger partial charge in [0, 0.05) is 37.2 Å². The summed E-state index contributed by atoms with van der Waals surface area (Å²) in [6.45, 7) is 0.325. The number of hydrogen-bond donors (Lipinski definition) is 2. The zero-order valence-corrected chi connectivity index (χ0v) is 13.6. The second-order valence-corrected chi connectivity index (χ2v) is 5.55. The molecule has 0 unspecified atom stereocenters. The molecule has 0 radical (unpaired) electrons. The minimum atomic E-state index is -4.76. The molecule has 0 aromatic carbocycles. The number of methoxy groups -OCH3 is 1. The lowest BCUT2D eigenvalue weighted by Gasteiger charge is -2.28. The number of amides is 2. The van der Waals surface area contributed by atoms with Crippen LogP contribution in [-0.2, 0) is 19.1 Å². The number of rotatable bonds is 2. The Hall–Kier alpha value is -3.11. The maximum absolute atomic E-state index is 13.2. The highest BCUT2D eigenvalue weighted by molar-refractivity contribution is 5.90. The van der Waals surface area contributed by atoms with Gasteiger partial charge in [0.25, 0.3) is 5.56 Å². The van der Waals surface area contributed by atoms with Gasteiger partial charge in [-0.05, 0) is 6.07 Å². The van der Waals surface area contributed by atoms with Crippen LogP contribution in [0.5, 0.6) is 5.88 Å². The Labute approximate surface area is 145 Å². The molecule has 8 nitrogen and oxygen atoms in total. The van der Waals surface area contributed by atoms with Crippen molar-refractivity contribution in [3.8, 4) is 5.88 Å². The molecule has 1 aliphatic rings. The smallest absolute Gasteiger partial charge is 0.435 e. The second kappa shape index (κ2) is 6.65. The number of fused-ring (bicyclic) bond motifs is 1. The van der Waals surface area contributed by atoms with Crippen molar-refractivity contribution in [3.63, 3.8) is 0 Å². The lowest BCUT2D eigenvalue weighted by molar-refractivity contribution is -0.140. The third-order valence-electron chi connectivity index (χ3n) is 3.83. The predicted octanol–water partition coefficient (Wildman–Crippen LogP) is 1.78. The molecule has 0 spiro atoms. The van der Waals surface area contributed by atoms with Crippen LogP contribution in [0, 0.1) is 0 Å². The first kappa shape index (κ1) is 17.7. The Morgan fingerprint density at radius 1 is 1.38 bits per heavy atom. The first-order valence-electron chi connectivity index (χ1n) is 7.53. The third-order valence-corrected chi connectivity index (χ3v) is 3.83. The third kappa shape index (κ3) is 3.60. The molecule has 0 saturated carbocycles. The number of H-pyrrole nitrogens is 1. The molecule has 11 heteroatoms. The molecule has 0 aliphatic carbocycles. The fraction of sp³-hybridized carbons (Fsp3) is 0.333. The van der Waals surface area contributed by atoms with E-state index in [1.165, 1.54) is 24.1 Å². The first-order valence-corrected chi connectivity index (χ1v) is 7.53. The molecule has 26 heavy (non-hydrogen) atoms. The Balaban J connectivity index is 1.81. The number of nitrogens with zero attached hydrogens (tertiary/aromatic N) is 3. The molecule has 2 amide bonds. The van der Waals surface area contributed by atoms with Crippen LogP contribution in [0.3, 0.4) is 0 Å². The van der Waals surface area contributed by atoms with Gasteiger partial charge >= 0.3 is 12.2 Å². The zero-order chi connectivity index (χ0) is 18.9. The number of pyridine rings is 1. The maximum Gasteiger partial charge on any atom is 0.435 e. The van der Waals surface area contributed by atoms with Gasteiger partial charge in [0.1, 0.15) is 0 Å². The number of anilines is 1. The van der Waals surface area contributed by atoms with Gasteiger partial charge in [0.15, 0.2) is 5.69 Å². The Morgan fingerprint density at radius 2 is 2.15 bits per heavy atom.